The second-order valence-corrected chi connectivity index (χ2v) is 4.26. The highest BCUT2D eigenvalue weighted by molar-refractivity contribution is 5.52. The monoisotopic (exact) mass is 261 g/mol. The molecule has 2 aromatic rings. The maximum atomic E-state index is 5.97. The Kier molecular flexibility index (Phi) is 3.94. The number of benzene rings is 1. The maximum Gasteiger partial charge on any atom is 0.236 e. The Morgan fingerprint density at radius 3 is 2.84 bits per heavy atom. The summed E-state index contributed by atoms with van der Waals surface area (Å²) in [6.45, 7) is 5.04. The zero-order chi connectivity index (χ0) is 13.8. The van der Waals surface area contributed by atoms with E-state index in [-0.39, 0.29) is 0 Å². The molecule has 1 heterocycles. The number of ether oxygens (including phenoxy) is 2. The first-order valence-corrected chi connectivity index (χ1v) is 6.24. The van der Waals surface area contributed by atoms with E-state index in [0.717, 1.165) is 23.6 Å². The van der Waals surface area contributed by atoms with Crippen LogP contribution in [-0.2, 0) is 13.2 Å². The molecule has 0 bridgehead atoms. The van der Waals surface area contributed by atoms with Crippen LogP contribution in [0.2, 0.25) is 0 Å². The predicted octanol–water partition coefficient (Wildman–Crippen LogP) is 2.38. The molecule has 0 saturated heterocycles. The summed E-state index contributed by atoms with van der Waals surface area (Å²) >= 11 is 0. The molecule has 2 N–H and O–H groups in total. The molecule has 0 radical (unpaired) electrons. The zero-order valence-corrected chi connectivity index (χ0v) is 11.5. The molecule has 5 heteroatoms. The van der Waals surface area contributed by atoms with Crippen LogP contribution in [0.4, 0.5) is 5.69 Å². The van der Waals surface area contributed by atoms with Crippen LogP contribution in [0.25, 0.3) is 0 Å². The summed E-state index contributed by atoms with van der Waals surface area (Å²) in [6, 6.07) is 7.76. The molecule has 2 rings (SSSR count). The minimum Gasteiger partial charge on any atom is -0.497 e. The van der Waals surface area contributed by atoms with Crippen molar-refractivity contribution in [3.63, 3.8) is 0 Å². The van der Waals surface area contributed by atoms with Gasteiger partial charge in [-0.3, -0.25) is 0 Å². The third-order valence-electron chi connectivity index (χ3n) is 2.93. The molecule has 19 heavy (non-hydrogen) atoms. The standard InChI is InChI=1S/C14H19N3O2/c1-4-17-14(13(15)10(2)16-17)19-9-11-6-5-7-12(8-11)18-3/h5-8H,4,9,15H2,1-3H3. The van der Waals surface area contributed by atoms with Crippen molar-refractivity contribution in [1.29, 1.82) is 0 Å². The fraction of sp³-hybridized carbons (Fsp3) is 0.357. The van der Waals surface area contributed by atoms with Crippen molar-refractivity contribution in [3.05, 3.63) is 35.5 Å². The lowest BCUT2D eigenvalue weighted by atomic mass is 10.2. The van der Waals surface area contributed by atoms with E-state index < -0.39 is 0 Å². The highest BCUT2D eigenvalue weighted by Gasteiger charge is 2.12. The van der Waals surface area contributed by atoms with Crippen LogP contribution >= 0.6 is 0 Å². The fourth-order valence-corrected chi connectivity index (χ4v) is 1.85. The average molecular weight is 261 g/mol. The van der Waals surface area contributed by atoms with Crippen molar-refractivity contribution in [3.8, 4) is 11.6 Å². The SMILES string of the molecule is CCn1nc(C)c(N)c1OCc1cccc(OC)c1. The molecule has 0 atom stereocenters. The maximum absolute atomic E-state index is 5.97. The third kappa shape index (κ3) is 2.81. The molecular formula is C14H19N3O2. The first kappa shape index (κ1) is 13.3. The van der Waals surface area contributed by atoms with E-state index in [0.29, 0.717) is 18.2 Å². The Balaban J connectivity index is 2.14. The van der Waals surface area contributed by atoms with Crippen molar-refractivity contribution in [1.82, 2.24) is 9.78 Å². The second-order valence-electron chi connectivity index (χ2n) is 4.26. The Bertz CT molecular complexity index is 564. The van der Waals surface area contributed by atoms with Gasteiger partial charge < -0.3 is 15.2 Å². The van der Waals surface area contributed by atoms with Crippen LogP contribution in [0.15, 0.2) is 24.3 Å². The first-order chi connectivity index (χ1) is 9.15. The van der Waals surface area contributed by atoms with Crippen molar-refractivity contribution >= 4 is 5.69 Å². The third-order valence-corrected chi connectivity index (χ3v) is 2.93. The molecule has 102 valence electrons. The van der Waals surface area contributed by atoms with E-state index in [1.165, 1.54) is 0 Å². The summed E-state index contributed by atoms with van der Waals surface area (Å²) in [5.74, 6) is 1.44. The molecule has 0 fully saturated rings. The van der Waals surface area contributed by atoms with Crippen LogP contribution in [0.5, 0.6) is 11.6 Å². The lowest BCUT2D eigenvalue weighted by Gasteiger charge is -2.09. The average Bonchev–Trinajstić information content (AvgIpc) is 2.72. The van der Waals surface area contributed by atoms with Gasteiger partial charge in [0.05, 0.1) is 12.8 Å². The molecule has 0 aliphatic heterocycles. The van der Waals surface area contributed by atoms with Gasteiger partial charge >= 0.3 is 0 Å². The number of aryl methyl sites for hydroxylation is 2. The quantitative estimate of drug-likeness (QED) is 0.897. The molecule has 1 aromatic heterocycles. The van der Waals surface area contributed by atoms with E-state index in [1.54, 1.807) is 11.8 Å². The van der Waals surface area contributed by atoms with Crippen LogP contribution in [0.3, 0.4) is 0 Å². The summed E-state index contributed by atoms with van der Waals surface area (Å²) in [4.78, 5) is 0. The van der Waals surface area contributed by atoms with Crippen molar-refractivity contribution in [2.24, 2.45) is 0 Å². The number of anilines is 1. The molecule has 1 aromatic carbocycles. The summed E-state index contributed by atoms with van der Waals surface area (Å²) in [7, 11) is 1.65. The largest absolute Gasteiger partial charge is 0.497 e. The molecule has 0 aliphatic carbocycles. The van der Waals surface area contributed by atoms with Gasteiger partial charge in [-0.25, -0.2) is 4.68 Å². The normalized spacial score (nSPS) is 10.5. The van der Waals surface area contributed by atoms with Crippen molar-refractivity contribution in [2.75, 3.05) is 12.8 Å². The predicted molar refractivity (Wildman–Crippen MR) is 74.4 cm³/mol. The Labute approximate surface area is 112 Å². The molecule has 0 saturated carbocycles. The fourth-order valence-electron chi connectivity index (χ4n) is 1.85. The molecule has 0 spiro atoms. The van der Waals surface area contributed by atoms with E-state index in [4.69, 9.17) is 15.2 Å². The van der Waals surface area contributed by atoms with Gasteiger partial charge in [-0.1, -0.05) is 12.1 Å². The van der Waals surface area contributed by atoms with Gasteiger partial charge in [0.1, 0.15) is 18.0 Å². The van der Waals surface area contributed by atoms with Gasteiger partial charge in [0.15, 0.2) is 0 Å². The minimum absolute atomic E-state index is 0.437. The van der Waals surface area contributed by atoms with Crippen LogP contribution < -0.4 is 15.2 Å². The van der Waals surface area contributed by atoms with E-state index in [1.807, 2.05) is 38.1 Å². The van der Waals surface area contributed by atoms with Crippen LogP contribution in [0.1, 0.15) is 18.2 Å². The lowest BCUT2D eigenvalue weighted by Crippen LogP contribution is -2.05. The Hall–Kier alpha value is -2.17. The lowest BCUT2D eigenvalue weighted by molar-refractivity contribution is 0.275. The van der Waals surface area contributed by atoms with Gasteiger partial charge in [-0.05, 0) is 31.5 Å². The highest BCUT2D eigenvalue weighted by Crippen LogP contribution is 2.26. The van der Waals surface area contributed by atoms with E-state index >= 15 is 0 Å². The van der Waals surface area contributed by atoms with E-state index in [2.05, 4.69) is 5.10 Å². The van der Waals surface area contributed by atoms with Crippen molar-refractivity contribution in [2.45, 2.75) is 27.0 Å². The molecule has 5 nitrogen and oxygen atoms in total. The summed E-state index contributed by atoms with van der Waals surface area (Å²) in [6.07, 6.45) is 0. The molecule has 0 unspecified atom stereocenters. The van der Waals surface area contributed by atoms with Crippen LogP contribution in [0, 0.1) is 6.92 Å². The Morgan fingerprint density at radius 2 is 2.16 bits per heavy atom. The molecular weight excluding hydrogens is 242 g/mol. The minimum atomic E-state index is 0.437. The number of methoxy groups -OCH3 is 1. The van der Waals surface area contributed by atoms with Gasteiger partial charge in [-0.2, -0.15) is 5.10 Å². The summed E-state index contributed by atoms with van der Waals surface area (Å²) in [5, 5.41) is 4.32. The molecule has 0 aliphatic rings. The van der Waals surface area contributed by atoms with E-state index in [9.17, 15) is 0 Å². The number of hydrogen-bond acceptors (Lipinski definition) is 4. The van der Waals surface area contributed by atoms with Gasteiger partial charge in [-0.15, -0.1) is 0 Å². The number of nitrogens with zero attached hydrogens (tertiary/aromatic N) is 2. The number of rotatable bonds is 5. The molecule has 0 amide bonds. The van der Waals surface area contributed by atoms with Gasteiger partial charge in [0, 0.05) is 6.54 Å². The van der Waals surface area contributed by atoms with Gasteiger partial charge in [0.25, 0.3) is 0 Å². The van der Waals surface area contributed by atoms with Gasteiger partial charge in [0.2, 0.25) is 5.88 Å². The number of hydrogen-bond donors (Lipinski definition) is 1. The number of nitrogen functional groups attached to an aromatic ring is 1. The highest BCUT2D eigenvalue weighted by atomic mass is 16.5. The number of nitrogens with two attached hydrogens (primary N) is 1. The number of aromatic nitrogens is 2. The first-order valence-electron chi connectivity index (χ1n) is 6.24. The Morgan fingerprint density at radius 1 is 1.37 bits per heavy atom. The summed E-state index contributed by atoms with van der Waals surface area (Å²) in [5.41, 5.74) is 8.39. The zero-order valence-electron chi connectivity index (χ0n) is 11.5. The van der Waals surface area contributed by atoms with Crippen molar-refractivity contribution < 1.29 is 9.47 Å². The topological polar surface area (TPSA) is 62.3 Å². The van der Waals surface area contributed by atoms with Crippen LogP contribution in [-0.4, -0.2) is 16.9 Å². The summed E-state index contributed by atoms with van der Waals surface area (Å²) < 4.78 is 12.7. The smallest absolute Gasteiger partial charge is 0.236 e. The second kappa shape index (κ2) is 5.65.